The Hall–Kier alpha value is -2.10. The summed E-state index contributed by atoms with van der Waals surface area (Å²) in [5.41, 5.74) is 0.667. The lowest BCUT2D eigenvalue weighted by atomic mass is 10.2. The van der Waals surface area contributed by atoms with Crippen LogP contribution in [-0.2, 0) is 16.6 Å². The molecule has 0 aliphatic carbocycles. The van der Waals surface area contributed by atoms with Crippen LogP contribution in [-0.4, -0.2) is 42.5 Å². The molecular weight excluding hydrogens is 471 g/mol. The Morgan fingerprint density at radius 3 is 2.37 bits per heavy atom. The number of nitrogens with zero attached hydrogens (tertiary/aromatic N) is 3. The average Bonchev–Trinajstić information content (AvgIpc) is 3.11. The lowest BCUT2D eigenvalue weighted by Crippen LogP contribution is -2.23. The summed E-state index contributed by atoms with van der Waals surface area (Å²) in [4.78, 5) is 12.8. The fraction of sp³-hybridized carbons (Fsp3) is 0.158. The van der Waals surface area contributed by atoms with Crippen LogP contribution in [0.15, 0.2) is 53.6 Å². The number of hydrogen-bond donors (Lipinski definition) is 1. The minimum atomic E-state index is -3.72. The van der Waals surface area contributed by atoms with Gasteiger partial charge >= 0.3 is 0 Å². The van der Waals surface area contributed by atoms with Gasteiger partial charge in [0.25, 0.3) is 5.91 Å². The minimum absolute atomic E-state index is 0.0168. The Balaban J connectivity index is 1.89. The van der Waals surface area contributed by atoms with E-state index in [9.17, 15) is 13.2 Å². The summed E-state index contributed by atoms with van der Waals surface area (Å²) in [6.45, 7) is 0.226. The van der Waals surface area contributed by atoms with Crippen LogP contribution in [0.4, 0.5) is 5.82 Å². The molecule has 0 saturated heterocycles. The van der Waals surface area contributed by atoms with Crippen LogP contribution in [0.25, 0.3) is 0 Å². The zero-order valence-corrected chi connectivity index (χ0v) is 19.0. The first kappa shape index (κ1) is 22.6. The number of hydrogen-bond acceptors (Lipinski definition) is 4. The Morgan fingerprint density at radius 1 is 1.07 bits per heavy atom. The number of halogens is 3. The Morgan fingerprint density at radius 2 is 1.73 bits per heavy atom. The zero-order valence-electron chi connectivity index (χ0n) is 15.9. The standard InChI is InChI=1S/C19H17Cl3N4O3S/c1-25(2)30(28,29)12-6-7-17(22)13(10-12)19(27)24-18-8-9-23-26(18)11-14-15(20)4-3-5-16(14)21/h3-10H,11H2,1-2H3,(H,24,27). The number of benzene rings is 2. The van der Waals surface area contributed by atoms with Gasteiger partial charge in [-0.3, -0.25) is 4.79 Å². The highest BCUT2D eigenvalue weighted by molar-refractivity contribution is 7.89. The van der Waals surface area contributed by atoms with E-state index >= 15 is 0 Å². The fourth-order valence-electron chi connectivity index (χ4n) is 2.63. The van der Waals surface area contributed by atoms with E-state index in [-0.39, 0.29) is 22.0 Å². The maximum atomic E-state index is 12.8. The maximum Gasteiger partial charge on any atom is 0.258 e. The van der Waals surface area contributed by atoms with Gasteiger partial charge in [-0.15, -0.1) is 0 Å². The van der Waals surface area contributed by atoms with E-state index in [0.29, 0.717) is 21.4 Å². The summed E-state index contributed by atoms with van der Waals surface area (Å²) >= 11 is 18.6. The van der Waals surface area contributed by atoms with E-state index in [4.69, 9.17) is 34.8 Å². The van der Waals surface area contributed by atoms with Gasteiger partial charge in [-0.25, -0.2) is 17.4 Å². The van der Waals surface area contributed by atoms with E-state index in [1.807, 2.05) is 0 Å². The van der Waals surface area contributed by atoms with Gasteiger partial charge in [0, 0.05) is 35.8 Å². The Bertz CT molecular complexity index is 1190. The van der Waals surface area contributed by atoms with Crippen molar-refractivity contribution in [1.29, 1.82) is 0 Å². The number of rotatable bonds is 6. The zero-order chi connectivity index (χ0) is 22.1. The Labute approximate surface area is 189 Å². The van der Waals surface area contributed by atoms with E-state index in [2.05, 4.69) is 10.4 Å². The highest BCUT2D eigenvalue weighted by atomic mass is 35.5. The molecule has 0 aliphatic rings. The predicted octanol–water partition coefficient (Wildman–Crippen LogP) is 4.39. The molecule has 11 heteroatoms. The molecule has 3 aromatic rings. The number of carbonyl (C=O) groups excluding carboxylic acids is 1. The number of amides is 1. The van der Waals surface area contributed by atoms with Crippen molar-refractivity contribution in [3.05, 3.63) is 74.9 Å². The number of sulfonamides is 1. The molecule has 0 atom stereocenters. The molecule has 7 nitrogen and oxygen atoms in total. The lowest BCUT2D eigenvalue weighted by Gasteiger charge is -2.14. The largest absolute Gasteiger partial charge is 0.307 e. The highest BCUT2D eigenvalue weighted by Gasteiger charge is 2.21. The van der Waals surface area contributed by atoms with Gasteiger partial charge in [-0.05, 0) is 30.3 Å². The van der Waals surface area contributed by atoms with Gasteiger partial charge in [-0.1, -0.05) is 40.9 Å². The summed E-state index contributed by atoms with van der Waals surface area (Å²) < 4.78 is 27.3. The predicted molar refractivity (Wildman–Crippen MR) is 118 cm³/mol. The summed E-state index contributed by atoms with van der Waals surface area (Å²) in [6.07, 6.45) is 1.51. The first-order chi connectivity index (χ1) is 14.1. The van der Waals surface area contributed by atoms with Crippen molar-refractivity contribution in [3.63, 3.8) is 0 Å². The van der Waals surface area contributed by atoms with Gasteiger partial charge in [0.1, 0.15) is 5.82 Å². The minimum Gasteiger partial charge on any atom is -0.307 e. The van der Waals surface area contributed by atoms with Gasteiger partial charge < -0.3 is 5.32 Å². The van der Waals surface area contributed by atoms with Gasteiger partial charge in [-0.2, -0.15) is 5.10 Å². The van der Waals surface area contributed by atoms with Crippen molar-refractivity contribution in [2.45, 2.75) is 11.4 Å². The topological polar surface area (TPSA) is 84.3 Å². The maximum absolute atomic E-state index is 12.8. The van der Waals surface area contributed by atoms with E-state index < -0.39 is 15.9 Å². The number of nitrogens with one attached hydrogen (secondary N) is 1. The number of anilines is 1. The van der Waals surface area contributed by atoms with Crippen LogP contribution < -0.4 is 5.32 Å². The second kappa shape index (κ2) is 8.95. The van der Waals surface area contributed by atoms with Crippen molar-refractivity contribution < 1.29 is 13.2 Å². The summed E-state index contributed by atoms with van der Waals surface area (Å²) in [6, 6.07) is 10.7. The van der Waals surface area contributed by atoms with Gasteiger partial charge in [0.2, 0.25) is 10.0 Å². The van der Waals surface area contributed by atoms with Crippen molar-refractivity contribution in [1.82, 2.24) is 14.1 Å². The molecular formula is C19H17Cl3N4O3S. The smallest absolute Gasteiger partial charge is 0.258 e. The van der Waals surface area contributed by atoms with Crippen LogP contribution in [0.5, 0.6) is 0 Å². The van der Waals surface area contributed by atoms with E-state index in [0.717, 1.165) is 4.31 Å². The molecule has 0 spiro atoms. The molecule has 0 radical (unpaired) electrons. The molecule has 0 fully saturated rings. The molecule has 1 N–H and O–H groups in total. The second-order valence-corrected chi connectivity index (χ2v) is 9.83. The van der Waals surface area contributed by atoms with Crippen molar-refractivity contribution in [2.24, 2.45) is 0 Å². The lowest BCUT2D eigenvalue weighted by molar-refractivity contribution is 0.102. The molecule has 0 unspecified atom stereocenters. The third-order valence-corrected chi connectivity index (χ3v) is 7.14. The first-order valence-corrected chi connectivity index (χ1v) is 11.2. The third-order valence-electron chi connectivity index (χ3n) is 4.29. The fourth-order valence-corrected chi connectivity index (χ4v) is 4.28. The highest BCUT2D eigenvalue weighted by Crippen LogP contribution is 2.27. The van der Waals surface area contributed by atoms with Crippen LogP contribution in [0.2, 0.25) is 15.1 Å². The third kappa shape index (κ3) is 4.63. The number of aromatic nitrogens is 2. The SMILES string of the molecule is CN(C)S(=O)(=O)c1ccc(Cl)c(C(=O)Nc2ccnn2Cc2c(Cl)cccc2Cl)c1. The molecule has 3 rings (SSSR count). The molecule has 1 amide bonds. The van der Waals surface area contributed by atoms with Crippen LogP contribution in [0, 0.1) is 0 Å². The molecule has 0 saturated carbocycles. The van der Waals surface area contributed by atoms with Crippen LogP contribution >= 0.6 is 34.8 Å². The first-order valence-electron chi connectivity index (χ1n) is 8.59. The Kier molecular flexibility index (Phi) is 6.74. The molecule has 1 heterocycles. The molecule has 0 bridgehead atoms. The normalized spacial score (nSPS) is 11.7. The summed E-state index contributed by atoms with van der Waals surface area (Å²) in [7, 11) is -0.913. The molecule has 30 heavy (non-hydrogen) atoms. The van der Waals surface area contributed by atoms with Crippen LogP contribution in [0.1, 0.15) is 15.9 Å². The molecule has 2 aromatic carbocycles. The summed E-state index contributed by atoms with van der Waals surface area (Å²) in [5.74, 6) is -0.212. The molecule has 158 valence electrons. The molecule has 1 aromatic heterocycles. The van der Waals surface area contributed by atoms with Gasteiger partial charge in [0.15, 0.2) is 0 Å². The second-order valence-electron chi connectivity index (χ2n) is 6.46. The van der Waals surface area contributed by atoms with Gasteiger partial charge in [0.05, 0.1) is 28.2 Å². The quantitative estimate of drug-likeness (QED) is 0.559. The van der Waals surface area contributed by atoms with Crippen molar-refractivity contribution in [3.8, 4) is 0 Å². The average molecular weight is 488 g/mol. The molecule has 0 aliphatic heterocycles. The van der Waals surface area contributed by atoms with E-state index in [1.165, 1.54) is 43.2 Å². The number of carbonyl (C=O) groups is 1. The van der Waals surface area contributed by atoms with Crippen molar-refractivity contribution in [2.75, 3.05) is 19.4 Å². The van der Waals surface area contributed by atoms with Crippen LogP contribution in [0.3, 0.4) is 0 Å². The monoisotopic (exact) mass is 486 g/mol. The summed E-state index contributed by atoms with van der Waals surface area (Å²) in [5, 5.41) is 7.95. The van der Waals surface area contributed by atoms with Crippen molar-refractivity contribution >= 4 is 56.6 Å². The van der Waals surface area contributed by atoms with E-state index in [1.54, 1.807) is 24.3 Å².